The van der Waals surface area contributed by atoms with Crippen LogP contribution in [-0.2, 0) is 0 Å². The second kappa shape index (κ2) is 6.95. The fourth-order valence-corrected chi connectivity index (χ4v) is 3.05. The summed E-state index contributed by atoms with van der Waals surface area (Å²) in [5.41, 5.74) is 1.26. The van der Waals surface area contributed by atoms with Crippen LogP contribution < -0.4 is 9.47 Å². The predicted octanol–water partition coefficient (Wildman–Crippen LogP) is 2.33. The lowest BCUT2D eigenvalue weighted by molar-refractivity contribution is 0.0765. The van der Waals surface area contributed by atoms with Crippen LogP contribution in [0.1, 0.15) is 16.9 Å². The fourth-order valence-electron chi connectivity index (χ4n) is 3.05. The molecule has 1 saturated heterocycles. The summed E-state index contributed by atoms with van der Waals surface area (Å²) in [6.45, 7) is 1.09. The van der Waals surface area contributed by atoms with Crippen molar-refractivity contribution in [2.75, 3.05) is 20.2 Å². The summed E-state index contributed by atoms with van der Waals surface area (Å²) in [6.07, 6.45) is 3.67. The molecule has 1 fully saturated rings. The van der Waals surface area contributed by atoms with Gasteiger partial charge in [0.25, 0.3) is 17.7 Å². The van der Waals surface area contributed by atoms with Gasteiger partial charge >= 0.3 is 0 Å². The summed E-state index contributed by atoms with van der Waals surface area (Å²) < 4.78 is 11.0. The van der Waals surface area contributed by atoms with Gasteiger partial charge in [-0.25, -0.2) is 15.0 Å². The van der Waals surface area contributed by atoms with Crippen molar-refractivity contribution in [1.29, 1.82) is 0 Å². The molecule has 1 unspecified atom stereocenters. The van der Waals surface area contributed by atoms with Gasteiger partial charge in [0, 0.05) is 30.7 Å². The lowest BCUT2D eigenvalue weighted by Gasteiger charge is -2.17. The quantitative estimate of drug-likeness (QED) is 0.719. The van der Waals surface area contributed by atoms with Crippen molar-refractivity contribution in [2.45, 2.75) is 12.5 Å². The number of carbonyl (C=O) groups is 1. The molecule has 1 aromatic carbocycles. The Morgan fingerprint density at radius 3 is 2.77 bits per heavy atom. The minimum Gasteiger partial charge on any atom is -0.477 e. The van der Waals surface area contributed by atoms with E-state index in [-0.39, 0.29) is 12.0 Å². The Hall–Kier alpha value is -3.22. The number of ether oxygens (including phenoxy) is 2. The average Bonchev–Trinajstić information content (AvgIpc) is 3.16. The van der Waals surface area contributed by atoms with Crippen LogP contribution in [0.3, 0.4) is 0 Å². The maximum Gasteiger partial charge on any atom is 0.278 e. The van der Waals surface area contributed by atoms with Crippen LogP contribution in [0.15, 0.2) is 48.8 Å². The summed E-state index contributed by atoms with van der Waals surface area (Å²) >= 11 is 0. The summed E-state index contributed by atoms with van der Waals surface area (Å²) in [4.78, 5) is 27.2. The van der Waals surface area contributed by atoms with Gasteiger partial charge in [0.1, 0.15) is 11.8 Å². The zero-order valence-corrected chi connectivity index (χ0v) is 14.3. The topological polar surface area (TPSA) is 77.4 Å². The Morgan fingerprint density at radius 2 is 1.92 bits per heavy atom. The Labute approximate surface area is 150 Å². The molecule has 0 bridgehead atoms. The Kier molecular flexibility index (Phi) is 4.35. The highest BCUT2D eigenvalue weighted by atomic mass is 16.5. The van der Waals surface area contributed by atoms with Crippen LogP contribution in [0.4, 0.5) is 0 Å². The van der Waals surface area contributed by atoms with E-state index >= 15 is 0 Å². The van der Waals surface area contributed by atoms with Crippen LogP contribution in [0.2, 0.25) is 0 Å². The molecule has 1 amide bonds. The molecule has 1 aliphatic heterocycles. The molecule has 26 heavy (non-hydrogen) atoms. The lowest BCUT2D eigenvalue weighted by atomic mass is 10.2. The standard InChI is InChI=1S/C19H18N4O3/c1-25-17-18(21-10-9-20-17)26-14-8-11-23(12-14)19(24)16-7-6-13-4-2-3-5-15(13)22-16/h2-7,9-10,14H,8,11-12H2,1H3. The number of hydrogen-bond donors (Lipinski definition) is 0. The Morgan fingerprint density at radius 1 is 1.12 bits per heavy atom. The van der Waals surface area contributed by atoms with Gasteiger partial charge in [-0.1, -0.05) is 24.3 Å². The highest BCUT2D eigenvalue weighted by molar-refractivity contribution is 5.95. The number of benzene rings is 1. The minimum atomic E-state index is -0.148. The first-order valence-corrected chi connectivity index (χ1v) is 8.41. The zero-order valence-electron chi connectivity index (χ0n) is 14.3. The molecule has 0 saturated carbocycles. The van der Waals surface area contributed by atoms with Crippen LogP contribution in [0.25, 0.3) is 10.9 Å². The van der Waals surface area contributed by atoms with Crippen LogP contribution in [0, 0.1) is 0 Å². The second-order valence-electron chi connectivity index (χ2n) is 6.04. The molecule has 1 atom stereocenters. The van der Waals surface area contributed by atoms with Gasteiger partial charge in [-0.2, -0.15) is 0 Å². The number of carbonyl (C=O) groups excluding carboxylic acids is 1. The number of para-hydroxylation sites is 1. The fraction of sp³-hybridized carbons (Fsp3) is 0.263. The number of amides is 1. The molecule has 3 aromatic rings. The maximum atomic E-state index is 12.8. The van der Waals surface area contributed by atoms with Crippen LogP contribution >= 0.6 is 0 Å². The number of pyridine rings is 1. The number of aromatic nitrogens is 3. The van der Waals surface area contributed by atoms with Gasteiger partial charge in [0.15, 0.2) is 0 Å². The Bertz CT molecular complexity index is 947. The predicted molar refractivity (Wildman–Crippen MR) is 95.3 cm³/mol. The third-order valence-electron chi connectivity index (χ3n) is 4.35. The molecule has 0 spiro atoms. The number of rotatable bonds is 4. The number of fused-ring (bicyclic) bond motifs is 1. The average molecular weight is 350 g/mol. The monoisotopic (exact) mass is 350 g/mol. The van der Waals surface area contributed by atoms with Gasteiger partial charge < -0.3 is 14.4 Å². The molecule has 7 nitrogen and oxygen atoms in total. The SMILES string of the molecule is COc1nccnc1OC1CCN(C(=O)c2ccc3ccccc3n2)C1. The molecular weight excluding hydrogens is 332 g/mol. The minimum absolute atomic E-state index is 0.0898. The number of methoxy groups -OCH3 is 1. The van der Waals surface area contributed by atoms with Gasteiger partial charge in [0.2, 0.25) is 0 Å². The van der Waals surface area contributed by atoms with E-state index in [0.717, 1.165) is 17.3 Å². The molecule has 4 rings (SSSR count). The van der Waals surface area contributed by atoms with E-state index in [0.29, 0.717) is 30.5 Å². The van der Waals surface area contributed by atoms with Crippen molar-refractivity contribution in [3.63, 3.8) is 0 Å². The molecule has 0 aliphatic carbocycles. The van der Waals surface area contributed by atoms with E-state index in [4.69, 9.17) is 9.47 Å². The van der Waals surface area contributed by atoms with Crippen molar-refractivity contribution in [2.24, 2.45) is 0 Å². The van der Waals surface area contributed by atoms with Crippen LogP contribution in [-0.4, -0.2) is 52.1 Å². The first kappa shape index (κ1) is 16.3. The first-order chi connectivity index (χ1) is 12.7. The van der Waals surface area contributed by atoms with Crippen molar-refractivity contribution < 1.29 is 14.3 Å². The third-order valence-corrected chi connectivity index (χ3v) is 4.35. The number of likely N-dealkylation sites (tertiary alicyclic amines) is 1. The highest BCUT2D eigenvalue weighted by Crippen LogP contribution is 2.24. The maximum absolute atomic E-state index is 12.8. The molecule has 7 heteroatoms. The van der Waals surface area contributed by atoms with Gasteiger partial charge in [-0.05, 0) is 12.1 Å². The molecule has 0 N–H and O–H groups in total. The molecular formula is C19H18N4O3. The van der Waals surface area contributed by atoms with Crippen molar-refractivity contribution >= 4 is 16.8 Å². The molecule has 1 aliphatic rings. The third kappa shape index (κ3) is 3.15. The van der Waals surface area contributed by atoms with E-state index in [1.54, 1.807) is 23.4 Å². The zero-order chi connectivity index (χ0) is 17.9. The van der Waals surface area contributed by atoms with Crippen molar-refractivity contribution in [3.05, 3.63) is 54.5 Å². The van der Waals surface area contributed by atoms with Gasteiger partial charge in [0.05, 0.1) is 19.2 Å². The van der Waals surface area contributed by atoms with E-state index in [1.807, 2.05) is 30.3 Å². The molecule has 0 radical (unpaired) electrons. The van der Waals surface area contributed by atoms with E-state index < -0.39 is 0 Å². The van der Waals surface area contributed by atoms with Crippen LogP contribution in [0.5, 0.6) is 11.8 Å². The second-order valence-corrected chi connectivity index (χ2v) is 6.04. The number of nitrogens with zero attached hydrogens (tertiary/aromatic N) is 4. The molecule has 2 aromatic heterocycles. The highest BCUT2D eigenvalue weighted by Gasteiger charge is 2.30. The van der Waals surface area contributed by atoms with E-state index in [9.17, 15) is 4.79 Å². The van der Waals surface area contributed by atoms with Gasteiger partial charge in [-0.15, -0.1) is 0 Å². The normalized spacial score (nSPS) is 16.7. The van der Waals surface area contributed by atoms with E-state index in [1.165, 1.54) is 7.11 Å². The Balaban J connectivity index is 1.46. The van der Waals surface area contributed by atoms with Crippen molar-refractivity contribution in [3.8, 4) is 11.8 Å². The lowest BCUT2D eigenvalue weighted by Crippen LogP contribution is -2.31. The first-order valence-electron chi connectivity index (χ1n) is 8.41. The van der Waals surface area contributed by atoms with E-state index in [2.05, 4.69) is 15.0 Å². The summed E-state index contributed by atoms with van der Waals surface area (Å²) in [5.74, 6) is 0.597. The smallest absolute Gasteiger partial charge is 0.278 e. The summed E-state index contributed by atoms with van der Waals surface area (Å²) in [5, 5.41) is 1.02. The summed E-state index contributed by atoms with van der Waals surface area (Å²) in [6, 6.07) is 11.4. The largest absolute Gasteiger partial charge is 0.477 e. The van der Waals surface area contributed by atoms with Gasteiger partial charge in [-0.3, -0.25) is 4.79 Å². The van der Waals surface area contributed by atoms with Crippen molar-refractivity contribution in [1.82, 2.24) is 19.9 Å². The molecule has 3 heterocycles. The molecule has 132 valence electrons. The summed E-state index contributed by atoms with van der Waals surface area (Å²) in [7, 11) is 1.52. The number of hydrogen-bond acceptors (Lipinski definition) is 6.